The molecule has 7 heteroatoms. The number of nitrogen functional groups attached to an aromatic ring is 1. The second-order valence-electron chi connectivity index (χ2n) is 3.42. The highest BCUT2D eigenvalue weighted by Gasteiger charge is 2.31. The van der Waals surface area contributed by atoms with E-state index in [1.807, 2.05) is 0 Å². The smallest absolute Gasteiger partial charge is 0.463 e. The van der Waals surface area contributed by atoms with Gasteiger partial charge in [-0.3, -0.25) is 0 Å². The van der Waals surface area contributed by atoms with Gasteiger partial charge >= 0.3 is 12.3 Å². The molecule has 1 rings (SSSR count). The van der Waals surface area contributed by atoms with Crippen LogP contribution < -0.4 is 10.5 Å². The molecule has 19 heavy (non-hydrogen) atoms. The number of hydrogen-bond acceptors (Lipinski definition) is 4. The van der Waals surface area contributed by atoms with Crippen molar-refractivity contribution in [3.05, 3.63) is 29.8 Å². The highest BCUT2D eigenvalue weighted by atomic mass is 19.4. The number of nitrogens with two attached hydrogens (primary N) is 1. The number of carbonyl (C=O) groups excluding carboxylic acids is 1. The maximum absolute atomic E-state index is 12.0. The van der Waals surface area contributed by atoms with E-state index < -0.39 is 18.1 Å². The number of carbonyl (C=O) groups is 1. The van der Waals surface area contributed by atoms with E-state index in [4.69, 9.17) is 5.73 Å². The molecule has 0 aliphatic carbocycles. The molecule has 0 fully saturated rings. The Hall–Kier alpha value is -2.18. The van der Waals surface area contributed by atoms with Gasteiger partial charge in [0.05, 0.1) is 6.61 Å². The van der Waals surface area contributed by atoms with Crippen LogP contribution in [0, 0.1) is 0 Å². The molecule has 0 amide bonds. The maximum Gasteiger partial charge on any atom is 0.573 e. The maximum atomic E-state index is 12.0. The van der Waals surface area contributed by atoms with E-state index in [1.165, 1.54) is 12.1 Å². The van der Waals surface area contributed by atoms with Gasteiger partial charge < -0.3 is 15.2 Å². The average molecular weight is 275 g/mol. The molecule has 0 aromatic heterocycles. The molecular formula is C12H12F3NO3. The lowest BCUT2D eigenvalue weighted by molar-refractivity contribution is -0.274. The van der Waals surface area contributed by atoms with E-state index in [2.05, 4.69) is 9.47 Å². The Morgan fingerprint density at radius 1 is 1.42 bits per heavy atom. The van der Waals surface area contributed by atoms with E-state index in [1.54, 1.807) is 6.92 Å². The quantitative estimate of drug-likeness (QED) is 0.521. The van der Waals surface area contributed by atoms with Crippen molar-refractivity contribution in [3.63, 3.8) is 0 Å². The Morgan fingerprint density at radius 2 is 2.11 bits per heavy atom. The average Bonchev–Trinajstić information content (AvgIpc) is 2.28. The van der Waals surface area contributed by atoms with Gasteiger partial charge in [-0.2, -0.15) is 0 Å². The molecule has 0 heterocycles. The summed E-state index contributed by atoms with van der Waals surface area (Å²) >= 11 is 0. The highest BCUT2D eigenvalue weighted by Crippen LogP contribution is 2.26. The Bertz CT molecular complexity index is 484. The van der Waals surface area contributed by atoms with Gasteiger partial charge in [-0.15, -0.1) is 13.2 Å². The van der Waals surface area contributed by atoms with Crippen LogP contribution in [0.4, 0.5) is 18.9 Å². The molecule has 4 nitrogen and oxygen atoms in total. The minimum Gasteiger partial charge on any atom is -0.463 e. The zero-order valence-corrected chi connectivity index (χ0v) is 10.0. The Balaban J connectivity index is 2.88. The lowest BCUT2D eigenvalue weighted by atomic mass is 10.1. The standard InChI is InChI=1S/C12H12F3NO3/c1-2-18-11(17)6-3-8-7-9(4-5-10(8)16)19-12(13,14)15/h3-7H,2,16H2,1H3. The predicted octanol–water partition coefficient (Wildman–Crippen LogP) is 2.74. The minimum absolute atomic E-state index is 0.204. The van der Waals surface area contributed by atoms with Crippen LogP contribution in [0.5, 0.6) is 5.75 Å². The summed E-state index contributed by atoms with van der Waals surface area (Å²) in [5.74, 6) is -1.02. The van der Waals surface area contributed by atoms with Gasteiger partial charge in [-0.25, -0.2) is 4.79 Å². The van der Waals surface area contributed by atoms with E-state index in [0.29, 0.717) is 0 Å². The second-order valence-corrected chi connectivity index (χ2v) is 3.42. The van der Waals surface area contributed by atoms with Gasteiger partial charge in [0.1, 0.15) is 5.75 Å². The van der Waals surface area contributed by atoms with Crippen LogP contribution >= 0.6 is 0 Å². The summed E-state index contributed by atoms with van der Waals surface area (Å²) in [6, 6.07) is 3.43. The van der Waals surface area contributed by atoms with Gasteiger partial charge in [0.25, 0.3) is 0 Å². The zero-order valence-electron chi connectivity index (χ0n) is 10.0. The number of hydrogen-bond donors (Lipinski definition) is 1. The summed E-state index contributed by atoms with van der Waals surface area (Å²) < 4.78 is 44.5. The van der Waals surface area contributed by atoms with Crippen molar-refractivity contribution in [1.82, 2.24) is 0 Å². The van der Waals surface area contributed by atoms with Crippen LogP contribution in [0.2, 0.25) is 0 Å². The van der Waals surface area contributed by atoms with Crippen LogP contribution in [0.15, 0.2) is 24.3 Å². The van der Waals surface area contributed by atoms with E-state index in [9.17, 15) is 18.0 Å². The van der Waals surface area contributed by atoms with Crippen LogP contribution in [0.1, 0.15) is 12.5 Å². The van der Waals surface area contributed by atoms with Crippen molar-refractivity contribution in [1.29, 1.82) is 0 Å². The highest BCUT2D eigenvalue weighted by molar-refractivity contribution is 5.88. The molecule has 0 saturated heterocycles. The first-order valence-corrected chi connectivity index (χ1v) is 5.32. The van der Waals surface area contributed by atoms with Crippen molar-refractivity contribution in [3.8, 4) is 5.75 Å². The molecular weight excluding hydrogens is 263 g/mol. The van der Waals surface area contributed by atoms with Gasteiger partial charge in [-0.1, -0.05) is 0 Å². The van der Waals surface area contributed by atoms with Gasteiger partial charge in [0.2, 0.25) is 0 Å². The van der Waals surface area contributed by atoms with E-state index in [-0.39, 0.29) is 17.9 Å². The number of ether oxygens (including phenoxy) is 2. The fraction of sp³-hybridized carbons (Fsp3) is 0.250. The second kappa shape index (κ2) is 6.12. The number of rotatable bonds is 4. The van der Waals surface area contributed by atoms with Crippen molar-refractivity contribution in [2.24, 2.45) is 0 Å². The van der Waals surface area contributed by atoms with E-state index in [0.717, 1.165) is 18.2 Å². The lowest BCUT2D eigenvalue weighted by Gasteiger charge is -2.10. The molecule has 0 aliphatic rings. The number of halogens is 3. The normalized spacial score (nSPS) is 11.6. The third kappa shape index (κ3) is 5.33. The molecule has 0 saturated carbocycles. The number of esters is 1. The lowest BCUT2D eigenvalue weighted by Crippen LogP contribution is -2.17. The third-order valence-corrected chi connectivity index (χ3v) is 1.98. The van der Waals surface area contributed by atoms with Crippen LogP contribution in [-0.2, 0) is 9.53 Å². The van der Waals surface area contributed by atoms with Gasteiger partial charge in [-0.05, 0) is 31.2 Å². The van der Waals surface area contributed by atoms with Crippen molar-refractivity contribution in [2.75, 3.05) is 12.3 Å². The minimum atomic E-state index is -4.78. The van der Waals surface area contributed by atoms with Gasteiger partial charge in [0, 0.05) is 17.3 Å². The molecule has 1 aromatic carbocycles. The van der Waals surface area contributed by atoms with Crippen LogP contribution in [0.3, 0.4) is 0 Å². The molecule has 0 spiro atoms. The molecule has 1 aromatic rings. The van der Waals surface area contributed by atoms with Crippen molar-refractivity contribution < 1.29 is 27.4 Å². The Labute approximate surface area is 107 Å². The summed E-state index contributed by atoms with van der Waals surface area (Å²) in [7, 11) is 0. The first-order chi connectivity index (χ1) is 8.81. The first kappa shape index (κ1) is 14.9. The van der Waals surface area contributed by atoms with Crippen molar-refractivity contribution in [2.45, 2.75) is 13.3 Å². The Morgan fingerprint density at radius 3 is 2.68 bits per heavy atom. The monoisotopic (exact) mass is 275 g/mol. The van der Waals surface area contributed by atoms with E-state index >= 15 is 0 Å². The predicted molar refractivity (Wildman–Crippen MR) is 63.2 cm³/mol. The third-order valence-electron chi connectivity index (χ3n) is 1.98. The Kier molecular flexibility index (Phi) is 4.80. The molecule has 0 atom stereocenters. The molecule has 104 valence electrons. The zero-order chi connectivity index (χ0) is 14.5. The number of alkyl halides is 3. The summed E-state index contributed by atoms with van der Waals surface area (Å²) in [6.45, 7) is 1.84. The van der Waals surface area contributed by atoms with Gasteiger partial charge in [0.15, 0.2) is 0 Å². The SMILES string of the molecule is CCOC(=O)C=Cc1cc(OC(F)(F)F)ccc1N. The number of anilines is 1. The molecule has 2 N–H and O–H groups in total. The summed E-state index contributed by atoms with van der Waals surface area (Å²) in [4.78, 5) is 11.1. The summed E-state index contributed by atoms with van der Waals surface area (Å²) in [5, 5.41) is 0. The number of benzene rings is 1. The summed E-state index contributed by atoms with van der Waals surface area (Å²) in [6.07, 6.45) is -2.44. The molecule has 0 bridgehead atoms. The fourth-order valence-electron chi connectivity index (χ4n) is 1.24. The van der Waals surface area contributed by atoms with Crippen LogP contribution in [-0.4, -0.2) is 18.9 Å². The summed E-state index contributed by atoms with van der Waals surface area (Å²) in [5.41, 5.74) is 6.02. The van der Waals surface area contributed by atoms with Crippen LogP contribution in [0.25, 0.3) is 6.08 Å². The van der Waals surface area contributed by atoms with Crippen molar-refractivity contribution >= 4 is 17.7 Å². The topological polar surface area (TPSA) is 61.5 Å². The molecule has 0 radical (unpaired) electrons. The molecule has 0 aliphatic heterocycles. The first-order valence-electron chi connectivity index (χ1n) is 5.32. The fourth-order valence-corrected chi connectivity index (χ4v) is 1.24. The molecule has 0 unspecified atom stereocenters. The largest absolute Gasteiger partial charge is 0.573 e.